The minimum atomic E-state index is -3.44. The van der Waals surface area contributed by atoms with E-state index in [1.165, 1.54) is 6.20 Å². The number of hydrazine groups is 1. The Bertz CT molecular complexity index is 756. The van der Waals surface area contributed by atoms with Crippen molar-refractivity contribution in [3.63, 3.8) is 0 Å². The van der Waals surface area contributed by atoms with Gasteiger partial charge >= 0.3 is 0 Å². The van der Waals surface area contributed by atoms with E-state index in [0.717, 1.165) is 19.3 Å². The van der Waals surface area contributed by atoms with Crippen molar-refractivity contribution >= 4 is 26.9 Å². The third-order valence-electron chi connectivity index (χ3n) is 3.61. The first-order valence-electron chi connectivity index (χ1n) is 6.85. The molecule has 1 aliphatic heterocycles. The molecule has 0 saturated carbocycles. The lowest BCUT2D eigenvalue weighted by Gasteiger charge is -2.25. The lowest BCUT2D eigenvalue weighted by atomic mass is 10.2. The Kier molecular flexibility index (Phi) is 3.75. The molecule has 0 radical (unpaired) electrons. The number of nitrogen functional groups attached to an aromatic ring is 1. The van der Waals surface area contributed by atoms with Gasteiger partial charge in [0.1, 0.15) is 0 Å². The molecule has 1 saturated heterocycles. The lowest BCUT2D eigenvalue weighted by Crippen LogP contribution is -2.35. The molecule has 1 fully saturated rings. The number of hydrogen-bond acceptors (Lipinski definition) is 6. The third kappa shape index (κ3) is 2.69. The zero-order valence-corrected chi connectivity index (χ0v) is 12.3. The van der Waals surface area contributed by atoms with Gasteiger partial charge < -0.3 is 5.43 Å². The van der Waals surface area contributed by atoms with E-state index in [-0.39, 0.29) is 4.90 Å². The van der Waals surface area contributed by atoms with E-state index in [1.807, 2.05) is 0 Å². The summed E-state index contributed by atoms with van der Waals surface area (Å²) in [4.78, 5) is 8.67. The van der Waals surface area contributed by atoms with Crippen LogP contribution in [-0.4, -0.2) is 35.8 Å². The first-order valence-corrected chi connectivity index (χ1v) is 8.29. The Morgan fingerprint density at radius 2 is 1.90 bits per heavy atom. The van der Waals surface area contributed by atoms with Gasteiger partial charge in [0.2, 0.25) is 10.0 Å². The van der Waals surface area contributed by atoms with Gasteiger partial charge in [-0.2, -0.15) is 4.31 Å². The summed E-state index contributed by atoms with van der Waals surface area (Å²) in [5.74, 6) is 5.72. The zero-order chi connectivity index (χ0) is 14.9. The fourth-order valence-electron chi connectivity index (χ4n) is 2.47. The first-order chi connectivity index (χ1) is 10.1. The molecule has 2 heterocycles. The van der Waals surface area contributed by atoms with Gasteiger partial charge in [-0.1, -0.05) is 6.42 Å². The van der Waals surface area contributed by atoms with E-state index in [1.54, 1.807) is 22.5 Å². The number of nitrogens with zero attached hydrogens (tertiary/aromatic N) is 3. The smallest absolute Gasteiger partial charge is 0.243 e. The van der Waals surface area contributed by atoms with Crippen LogP contribution in [0.2, 0.25) is 0 Å². The summed E-state index contributed by atoms with van der Waals surface area (Å²) in [5, 5.41) is 0. The van der Waals surface area contributed by atoms with Crippen LogP contribution < -0.4 is 11.3 Å². The highest BCUT2D eigenvalue weighted by Gasteiger charge is 2.26. The number of rotatable bonds is 3. The average molecular weight is 307 g/mol. The molecule has 0 atom stereocenters. The number of nitrogens with two attached hydrogens (primary N) is 1. The number of hydrogen-bond donors (Lipinski definition) is 2. The Labute approximate surface area is 123 Å². The van der Waals surface area contributed by atoms with Gasteiger partial charge in [0.25, 0.3) is 0 Å². The lowest BCUT2D eigenvalue weighted by molar-refractivity contribution is 0.346. The maximum atomic E-state index is 12.6. The normalized spacial score (nSPS) is 17.0. The van der Waals surface area contributed by atoms with E-state index in [0.29, 0.717) is 29.9 Å². The van der Waals surface area contributed by atoms with E-state index in [4.69, 9.17) is 5.84 Å². The summed E-state index contributed by atoms with van der Waals surface area (Å²) < 4.78 is 26.7. The maximum absolute atomic E-state index is 12.6. The molecule has 0 unspecified atom stereocenters. The van der Waals surface area contributed by atoms with Crippen LogP contribution in [0.1, 0.15) is 19.3 Å². The highest BCUT2D eigenvalue weighted by Crippen LogP contribution is 2.23. The predicted molar refractivity (Wildman–Crippen MR) is 80.0 cm³/mol. The van der Waals surface area contributed by atoms with Crippen molar-refractivity contribution in [1.29, 1.82) is 0 Å². The maximum Gasteiger partial charge on any atom is 0.243 e. The summed E-state index contributed by atoms with van der Waals surface area (Å²) in [6.45, 7) is 1.17. The topological polar surface area (TPSA) is 101 Å². The fourth-order valence-corrected chi connectivity index (χ4v) is 4.01. The second-order valence-corrected chi connectivity index (χ2v) is 6.95. The fraction of sp³-hybridized carbons (Fsp3) is 0.385. The largest absolute Gasteiger partial charge is 0.307 e. The van der Waals surface area contributed by atoms with Crippen molar-refractivity contribution in [2.24, 2.45) is 5.84 Å². The van der Waals surface area contributed by atoms with Gasteiger partial charge in [-0.15, -0.1) is 0 Å². The second kappa shape index (κ2) is 5.55. The monoisotopic (exact) mass is 307 g/mol. The van der Waals surface area contributed by atoms with Crippen LogP contribution in [0, 0.1) is 0 Å². The first kappa shape index (κ1) is 14.2. The molecule has 112 valence electrons. The van der Waals surface area contributed by atoms with Gasteiger partial charge in [-0.25, -0.2) is 19.2 Å². The van der Waals surface area contributed by atoms with Crippen LogP contribution in [0.5, 0.6) is 0 Å². The molecule has 3 rings (SSSR count). The predicted octanol–water partition coefficient (Wildman–Crippen LogP) is 1.09. The van der Waals surface area contributed by atoms with Crippen molar-refractivity contribution in [3.8, 4) is 0 Å². The van der Waals surface area contributed by atoms with Gasteiger partial charge in [0.05, 0.1) is 22.1 Å². The van der Waals surface area contributed by atoms with Gasteiger partial charge in [0.15, 0.2) is 5.82 Å². The van der Waals surface area contributed by atoms with Crippen LogP contribution in [0.4, 0.5) is 5.82 Å². The highest BCUT2D eigenvalue weighted by molar-refractivity contribution is 7.89. The van der Waals surface area contributed by atoms with Crippen molar-refractivity contribution in [1.82, 2.24) is 14.3 Å². The Morgan fingerprint density at radius 3 is 2.62 bits per heavy atom. The quantitative estimate of drug-likeness (QED) is 0.650. The van der Waals surface area contributed by atoms with E-state index in [2.05, 4.69) is 15.4 Å². The summed E-state index contributed by atoms with van der Waals surface area (Å²) in [5.41, 5.74) is 3.55. The average Bonchev–Trinajstić information content (AvgIpc) is 2.54. The van der Waals surface area contributed by atoms with Crippen molar-refractivity contribution < 1.29 is 8.42 Å². The SMILES string of the molecule is NNc1cnc2cc(S(=O)(=O)N3CCCCC3)ccc2n1. The molecule has 0 aliphatic carbocycles. The number of nitrogens with one attached hydrogen (secondary N) is 1. The molecule has 1 aromatic carbocycles. The van der Waals surface area contributed by atoms with Crippen LogP contribution in [0.3, 0.4) is 0 Å². The molecular weight excluding hydrogens is 290 g/mol. The molecule has 3 N–H and O–H groups in total. The summed E-state index contributed by atoms with van der Waals surface area (Å²) in [6.07, 6.45) is 4.39. The van der Waals surface area contributed by atoms with Crippen molar-refractivity contribution in [2.45, 2.75) is 24.2 Å². The Balaban J connectivity index is 2.00. The number of piperidine rings is 1. The zero-order valence-electron chi connectivity index (χ0n) is 11.5. The molecule has 1 aliphatic rings. The summed E-state index contributed by atoms with van der Waals surface area (Å²) in [6, 6.07) is 4.79. The van der Waals surface area contributed by atoms with Crippen LogP contribution in [-0.2, 0) is 10.0 Å². The number of sulfonamides is 1. The van der Waals surface area contributed by atoms with E-state index >= 15 is 0 Å². The minimum absolute atomic E-state index is 0.264. The molecule has 1 aromatic heterocycles. The second-order valence-electron chi connectivity index (χ2n) is 5.01. The number of benzene rings is 1. The van der Waals surface area contributed by atoms with Gasteiger partial charge in [-0.3, -0.25) is 4.98 Å². The molecule has 8 heteroatoms. The van der Waals surface area contributed by atoms with Crippen LogP contribution in [0.25, 0.3) is 11.0 Å². The van der Waals surface area contributed by atoms with Crippen molar-refractivity contribution in [3.05, 3.63) is 24.4 Å². The summed E-state index contributed by atoms with van der Waals surface area (Å²) >= 11 is 0. The Hall–Kier alpha value is -1.77. The number of fused-ring (bicyclic) bond motifs is 1. The van der Waals surface area contributed by atoms with Crippen LogP contribution in [0.15, 0.2) is 29.3 Å². The Morgan fingerprint density at radius 1 is 1.14 bits per heavy atom. The molecule has 21 heavy (non-hydrogen) atoms. The molecule has 0 amide bonds. The molecule has 0 bridgehead atoms. The van der Waals surface area contributed by atoms with Gasteiger partial charge in [-0.05, 0) is 31.0 Å². The molecule has 0 spiro atoms. The highest BCUT2D eigenvalue weighted by atomic mass is 32.2. The number of anilines is 1. The van der Waals surface area contributed by atoms with Crippen molar-refractivity contribution in [2.75, 3.05) is 18.5 Å². The van der Waals surface area contributed by atoms with E-state index in [9.17, 15) is 8.42 Å². The third-order valence-corrected chi connectivity index (χ3v) is 5.51. The standard InChI is InChI=1S/C13H17N5O2S/c14-17-13-9-15-12-8-10(4-5-11(12)16-13)21(19,20)18-6-2-1-3-7-18/h4-5,8-9H,1-3,6-7,14H2,(H,16,17). The minimum Gasteiger partial charge on any atom is -0.307 e. The van der Waals surface area contributed by atoms with Crippen LogP contribution >= 0.6 is 0 Å². The molecule has 7 nitrogen and oxygen atoms in total. The number of aromatic nitrogens is 2. The van der Waals surface area contributed by atoms with Gasteiger partial charge in [0, 0.05) is 13.1 Å². The molecule has 2 aromatic rings. The molecular formula is C13H17N5O2S. The summed E-state index contributed by atoms with van der Waals surface area (Å²) in [7, 11) is -3.44. The van der Waals surface area contributed by atoms with E-state index < -0.39 is 10.0 Å².